The standard InChI is InChI=1S/C27H29ClFN3O5S/c1-4-25(27(34)30-2)31(17-19-5-7-20(28)8-6-19)26(33)18-32(22-11-9-21(29)10-12-22)38(35,36)24-15-13-23(37-3)14-16-24/h5-16,25H,4,17-18H2,1-3H3,(H,30,34). The third kappa shape index (κ3) is 6.81. The van der Waals surface area contributed by atoms with E-state index >= 15 is 0 Å². The predicted molar refractivity (Wildman–Crippen MR) is 144 cm³/mol. The van der Waals surface area contributed by atoms with Crippen molar-refractivity contribution in [2.75, 3.05) is 25.0 Å². The number of ether oxygens (including phenoxy) is 1. The zero-order chi connectivity index (χ0) is 27.9. The number of rotatable bonds is 11. The second-order valence-electron chi connectivity index (χ2n) is 8.35. The Bertz CT molecular complexity index is 1350. The van der Waals surface area contributed by atoms with E-state index in [0.717, 1.165) is 16.4 Å². The van der Waals surface area contributed by atoms with Gasteiger partial charge in [-0.3, -0.25) is 13.9 Å². The average Bonchev–Trinajstić information content (AvgIpc) is 2.92. The van der Waals surface area contributed by atoms with Crippen LogP contribution in [-0.2, 0) is 26.2 Å². The van der Waals surface area contributed by atoms with Crippen molar-refractivity contribution in [3.05, 3.63) is 89.2 Å². The van der Waals surface area contributed by atoms with Crippen molar-refractivity contribution in [3.8, 4) is 5.75 Å². The maximum Gasteiger partial charge on any atom is 0.264 e. The Kier molecular flexibility index (Phi) is 9.71. The minimum absolute atomic E-state index is 0.0434. The first-order chi connectivity index (χ1) is 18.1. The molecule has 0 aliphatic carbocycles. The van der Waals surface area contributed by atoms with Crippen LogP contribution in [0.15, 0.2) is 77.7 Å². The minimum Gasteiger partial charge on any atom is -0.497 e. The van der Waals surface area contributed by atoms with Crippen molar-refractivity contribution in [1.29, 1.82) is 0 Å². The molecule has 0 fully saturated rings. The summed E-state index contributed by atoms with van der Waals surface area (Å²) in [6.07, 6.45) is 0.292. The molecule has 8 nitrogen and oxygen atoms in total. The van der Waals surface area contributed by atoms with E-state index in [1.807, 2.05) is 0 Å². The zero-order valence-corrected chi connectivity index (χ0v) is 22.8. The molecule has 1 unspecified atom stereocenters. The number of hydrogen-bond donors (Lipinski definition) is 1. The number of nitrogens with zero attached hydrogens (tertiary/aromatic N) is 2. The highest BCUT2D eigenvalue weighted by molar-refractivity contribution is 7.92. The molecule has 202 valence electrons. The second-order valence-corrected chi connectivity index (χ2v) is 10.6. The highest BCUT2D eigenvalue weighted by Gasteiger charge is 2.33. The van der Waals surface area contributed by atoms with E-state index in [4.69, 9.17) is 16.3 Å². The van der Waals surface area contributed by atoms with Gasteiger partial charge in [0.15, 0.2) is 0 Å². The van der Waals surface area contributed by atoms with Gasteiger partial charge < -0.3 is 15.0 Å². The van der Waals surface area contributed by atoms with Crippen LogP contribution in [0, 0.1) is 5.82 Å². The van der Waals surface area contributed by atoms with Crippen LogP contribution in [0.3, 0.4) is 0 Å². The Labute approximate surface area is 227 Å². The number of anilines is 1. The summed E-state index contributed by atoms with van der Waals surface area (Å²) in [5.74, 6) is -1.10. The molecule has 1 atom stereocenters. The van der Waals surface area contributed by atoms with Crippen molar-refractivity contribution in [1.82, 2.24) is 10.2 Å². The van der Waals surface area contributed by atoms with Crippen LogP contribution in [0.5, 0.6) is 5.75 Å². The first-order valence-electron chi connectivity index (χ1n) is 11.8. The predicted octanol–water partition coefficient (Wildman–Crippen LogP) is 4.24. The number of methoxy groups -OCH3 is 1. The van der Waals surface area contributed by atoms with Gasteiger partial charge in [0.05, 0.1) is 17.7 Å². The van der Waals surface area contributed by atoms with Crippen LogP contribution in [-0.4, -0.2) is 51.9 Å². The van der Waals surface area contributed by atoms with Crippen LogP contribution in [0.4, 0.5) is 10.1 Å². The van der Waals surface area contributed by atoms with E-state index in [1.54, 1.807) is 31.2 Å². The Morgan fingerprint density at radius 2 is 1.61 bits per heavy atom. The molecule has 3 rings (SSSR count). The molecule has 3 aromatic carbocycles. The number of carbonyl (C=O) groups is 2. The fraction of sp³-hybridized carbons (Fsp3) is 0.259. The lowest BCUT2D eigenvalue weighted by Crippen LogP contribution is -2.51. The average molecular weight is 562 g/mol. The molecule has 0 aliphatic rings. The molecule has 0 aliphatic heterocycles. The molecule has 0 saturated heterocycles. The largest absolute Gasteiger partial charge is 0.497 e. The number of benzene rings is 3. The molecule has 0 saturated carbocycles. The van der Waals surface area contributed by atoms with Crippen molar-refractivity contribution in [3.63, 3.8) is 0 Å². The summed E-state index contributed by atoms with van der Waals surface area (Å²) in [7, 11) is -1.34. The number of hydrogen-bond acceptors (Lipinski definition) is 5. The number of carbonyl (C=O) groups excluding carboxylic acids is 2. The Morgan fingerprint density at radius 3 is 2.13 bits per heavy atom. The fourth-order valence-corrected chi connectivity index (χ4v) is 5.42. The van der Waals surface area contributed by atoms with Crippen molar-refractivity contribution in [2.24, 2.45) is 0 Å². The molecule has 1 N–H and O–H groups in total. The molecule has 0 heterocycles. The molecular weight excluding hydrogens is 533 g/mol. The van der Waals surface area contributed by atoms with Crippen molar-refractivity contribution >= 4 is 39.1 Å². The maximum absolute atomic E-state index is 13.8. The molecule has 0 aromatic heterocycles. The maximum atomic E-state index is 13.8. The lowest BCUT2D eigenvalue weighted by molar-refractivity contribution is -0.140. The summed E-state index contributed by atoms with van der Waals surface area (Å²) in [5.41, 5.74) is 0.798. The van der Waals surface area contributed by atoms with Gasteiger partial charge in [-0.1, -0.05) is 30.7 Å². The summed E-state index contributed by atoms with van der Waals surface area (Å²) < 4.78 is 47.2. The van der Waals surface area contributed by atoms with Gasteiger partial charge in [0, 0.05) is 18.6 Å². The highest BCUT2D eigenvalue weighted by atomic mass is 35.5. The Hall–Kier alpha value is -3.63. The summed E-state index contributed by atoms with van der Waals surface area (Å²) in [4.78, 5) is 27.7. The number of amides is 2. The topological polar surface area (TPSA) is 96.0 Å². The SMILES string of the molecule is CCC(C(=O)NC)N(Cc1ccc(Cl)cc1)C(=O)CN(c1ccc(F)cc1)S(=O)(=O)c1ccc(OC)cc1. The van der Waals surface area contributed by atoms with Crippen LogP contribution in [0.2, 0.25) is 5.02 Å². The van der Waals surface area contributed by atoms with Gasteiger partial charge in [0.1, 0.15) is 24.2 Å². The van der Waals surface area contributed by atoms with E-state index in [1.165, 1.54) is 55.5 Å². The molecule has 3 aromatic rings. The van der Waals surface area contributed by atoms with Gasteiger partial charge in [-0.2, -0.15) is 0 Å². The monoisotopic (exact) mass is 561 g/mol. The molecule has 0 spiro atoms. The molecular formula is C27H29ClFN3O5S. The minimum atomic E-state index is -4.27. The molecule has 38 heavy (non-hydrogen) atoms. The van der Waals surface area contributed by atoms with Gasteiger partial charge in [0.2, 0.25) is 11.8 Å². The van der Waals surface area contributed by atoms with Gasteiger partial charge in [-0.05, 0) is 72.6 Å². The van der Waals surface area contributed by atoms with E-state index in [9.17, 15) is 22.4 Å². The van der Waals surface area contributed by atoms with Crippen molar-refractivity contribution < 1.29 is 27.1 Å². The van der Waals surface area contributed by atoms with Crippen LogP contribution < -0.4 is 14.4 Å². The van der Waals surface area contributed by atoms with Gasteiger partial charge >= 0.3 is 0 Å². The third-order valence-corrected chi connectivity index (χ3v) is 7.98. The number of likely N-dealkylation sites (N-methyl/N-ethyl adjacent to an activating group) is 1. The first kappa shape index (κ1) is 28.9. The highest BCUT2D eigenvalue weighted by Crippen LogP contribution is 2.26. The summed E-state index contributed by atoms with van der Waals surface area (Å²) in [5, 5.41) is 3.08. The summed E-state index contributed by atoms with van der Waals surface area (Å²) >= 11 is 6.00. The summed E-state index contributed by atoms with van der Waals surface area (Å²) in [6.45, 7) is 1.18. The molecule has 11 heteroatoms. The van der Waals surface area contributed by atoms with E-state index in [2.05, 4.69) is 5.32 Å². The molecule has 0 bridgehead atoms. The number of halogens is 2. The Morgan fingerprint density at radius 1 is 1.00 bits per heavy atom. The second kappa shape index (κ2) is 12.7. The molecule has 0 radical (unpaired) electrons. The van der Waals surface area contributed by atoms with Gasteiger partial charge in [-0.25, -0.2) is 12.8 Å². The van der Waals surface area contributed by atoms with Crippen LogP contribution >= 0.6 is 11.6 Å². The first-order valence-corrected chi connectivity index (χ1v) is 13.6. The van der Waals surface area contributed by atoms with E-state index in [0.29, 0.717) is 22.8 Å². The number of sulfonamides is 1. The smallest absolute Gasteiger partial charge is 0.264 e. The third-order valence-electron chi connectivity index (χ3n) is 5.94. The fourth-order valence-electron chi connectivity index (χ4n) is 3.88. The van der Waals surface area contributed by atoms with Gasteiger partial charge in [-0.15, -0.1) is 0 Å². The van der Waals surface area contributed by atoms with Crippen LogP contribution in [0.25, 0.3) is 0 Å². The normalized spacial score (nSPS) is 11.9. The van der Waals surface area contributed by atoms with E-state index < -0.39 is 34.3 Å². The van der Waals surface area contributed by atoms with Gasteiger partial charge in [0.25, 0.3) is 10.0 Å². The quantitative estimate of drug-likeness (QED) is 0.378. The zero-order valence-electron chi connectivity index (χ0n) is 21.2. The Balaban J connectivity index is 2.04. The van der Waals surface area contributed by atoms with Crippen molar-refractivity contribution in [2.45, 2.75) is 30.8 Å². The molecule has 2 amide bonds. The summed E-state index contributed by atoms with van der Waals surface area (Å²) in [6, 6.07) is 16.4. The van der Waals surface area contributed by atoms with E-state index in [-0.39, 0.29) is 23.0 Å². The lowest BCUT2D eigenvalue weighted by Gasteiger charge is -2.33. The van der Waals surface area contributed by atoms with Crippen LogP contribution in [0.1, 0.15) is 18.9 Å². The number of nitrogens with one attached hydrogen (secondary N) is 1. The lowest BCUT2D eigenvalue weighted by atomic mass is 10.1.